The first kappa shape index (κ1) is 18.2. The largest absolute Gasteiger partial charge is 0.322 e. The van der Waals surface area contributed by atoms with Gasteiger partial charge in [-0.3, -0.25) is 9.59 Å². The Morgan fingerprint density at radius 2 is 1.44 bits per heavy atom. The molecule has 2 N–H and O–H groups in total. The number of anilines is 2. The highest BCUT2D eigenvalue weighted by molar-refractivity contribution is 6.31. The van der Waals surface area contributed by atoms with Gasteiger partial charge in [0.25, 0.3) is 11.8 Å². The summed E-state index contributed by atoms with van der Waals surface area (Å²) in [5.41, 5.74) is 2.18. The zero-order valence-electron chi connectivity index (χ0n) is 14.1. The van der Waals surface area contributed by atoms with Crippen molar-refractivity contribution in [3.63, 3.8) is 0 Å². The third-order valence-electron chi connectivity index (χ3n) is 3.79. The van der Waals surface area contributed by atoms with Gasteiger partial charge in [0.05, 0.1) is 11.3 Å². The Kier molecular flexibility index (Phi) is 5.50. The van der Waals surface area contributed by atoms with E-state index in [1.165, 1.54) is 0 Å². The molecule has 0 fully saturated rings. The molecular weight excluding hydrogens is 362 g/mol. The molecule has 0 radical (unpaired) electrons. The van der Waals surface area contributed by atoms with Crippen LogP contribution in [0.25, 0.3) is 0 Å². The maximum Gasteiger partial charge on any atom is 0.255 e. The number of amides is 2. The second-order valence-corrected chi connectivity index (χ2v) is 6.09. The van der Waals surface area contributed by atoms with Gasteiger partial charge in [-0.15, -0.1) is 0 Å². The van der Waals surface area contributed by atoms with Crippen molar-refractivity contribution in [1.82, 2.24) is 0 Å². The molecule has 3 aromatic carbocycles. The average molecular weight is 376 g/mol. The summed E-state index contributed by atoms with van der Waals surface area (Å²) < 4.78 is 0. The van der Waals surface area contributed by atoms with Crippen LogP contribution in [0.5, 0.6) is 0 Å². The minimum atomic E-state index is -0.362. The van der Waals surface area contributed by atoms with Crippen LogP contribution in [0.3, 0.4) is 0 Å². The number of carbonyl (C=O) groups excluding carboxylic acids is 2. The highest BCUT2D eigenvalue weighted by Gasteiger charge is 2.11. The van der Waals surface area contributed by atoms with E-state index < -0.39 is 0 Å². The van der Waals surface area contributed by atoms with E-state index in [-0.39, 0.29) is 11.8 Å². The van der Waals surface area contributed by atoms with E-state index in [2.05, 4.69) is 10.6 Å². The Bertz CT molecular complexity index is 1040. The summed E-state index contributed by atoms with van der Waals surface area (Å²) in [6, 6.07) is 21.8. The lowest BCUT2D eigenvalue weighted by atomic mass is 10.1. The van der Waals surface area contributed by atoms with Crippen LogP contribution in [0, 0.1) is 11.3 Å². The highest BCUT2D eigenvalue weighted by Crippen LogP contribution is 2.17. The minimum absolute atomic E-state index is 0.306. The standard InChI is InChI=1S/C21H14ClN3O2/c22-17-5-3-6-18(12-17)24-20(26)14-8-10-15(11-9-14)21(27)25-19-7-2-1-4-16(19)13-23/h1-12H,(H,24,26)(H,25,27). The summed E-state index contributed by atoms with van der Waals surface area (Å²) in [6.07, 6.45) is 0. The number of halogens is 1. The van der Waals surface area contributed by atoms with E-state index in [0.29, 0.717) is 33.1 Å². The van der Waals surface area contributed by atoms with Crippen molar-refractivity contribution >= 4 is 34.8 Å². The summed E-state index contributed by atoms with van der Waals surface area (Å²) in [6.45, 7) is 0. The lowest BCUT2D eigenvalue weighted by Gasteiger charge is -2.08. The number of nitrogens with one attached hydrogen (secondary N) is 2. The molecule has 0 atom stereocenters. The summed E-state index contributed by atoms with van der Waals surface area (Å²) in [7, 11) is 0. The van der Waals surface area contributed by atoms with Gasteiger partial charge in [-0.25, -0.2) is 0 Å². The fourth-order valence-electron chi connectivity index (χ4n) is 2.43. The predicted molar refractivity (Wildman–Crippen MR) is 105 cm³/mol. The van der Waals surface area contributed by atoms with Gasteiger partial charge in [-0.2, -0.15) is 5.26 Å². The molecule has 0 aliphatic heterocycles. The van der Waals surface area contributed by atoms with Gasteiger partial charge in [0, 0.05) is 21.8 Å². The van der Waals surface area contributed by atoms with Crippen LogP contribution in [-0.2, 0) is 0 Å². The zero-order valence-corrected chi connectivity index (χ0v) is 14.8. The molecule has 3 aromatic rings. The molecule has 0 heterocycles. The molecule has 6 heteroatoms. The Morgan fingerprint density at radius 3 is 2.07 bits per heavy atom. The minimum Gasteiger partial charge on any atom is -0.322 e. The molecule has 0 bridgehead atoms. The number of nitriles is 1. The highest BCUT2D eigenvalue weighted by atomic mass is 35.5. The quantitative estimate of drug-likeness (QED) is 0.692. The van der Waals surface area contributed by atoms with Gasteiger partial charge < -0.3 is 10.6 Å². The van der Waals surface area contributed by atoms with Crippen molar-refractivity contribution in [1.29, 1.82) is 5.26 Å². The van der Waals surface area contributed by atoms with Crippen LogP contribution in [0.2, 0.25) is 5.02 Å². The maximum absolute atomic E-state index is 12.4. The number of hydrogen-bond donors (Lipinski definition) is 2. The van der Waals surface area contributed by atoms with Gasteiger partial charge in [0.15, 0.2) is 0 Å². The summed E-state index contributed by atoms with van der Waals surface area (Å²) >= 11 is 5.90. The Balaban J connectivity index is 1.70. The van der Waals surface area contributed by atoms with Gasteiger partial charge in [0.2, 0.25) is 0 Å². The lowest BCUT2D eigenvalue weighted by molar-refractivity contribution is 0.101. The van der Waals surface area contributed by atoms with Crippen LogP contribution < -0.4 is 10.6 Å². The molecule has 0 aliphatic rings. The normalized spacial score (nSPS) is 9.93. The van der Waals surface area contributed by atoms with Crippen LogP contribution in [0.15, 0.2) is 72.8 Å². The number of para-hydroxylation sites is 1. The number of carbonyl (C=O) groups is 2. The van der Waals surface area contributed by atoms with Crippen molar-refractivity contribution in [3.05, 3.63) is 94.5 Å². The van der Waals surface area contributed by atoms with Gasteiger partial charge in [0.1, 0.15) is 6.07 Å². The van der Waals surface area contributed by atoms with Crippen molar-refractivity contribution in [2.75, 3.05) is 10.6 Å². The molecule has 5 nitrogen and oxygen atoms in total. The smallest absolute Gasteiger partial charge is 0.255 e. The van der Waals surface area contributed by atoms with Crippen molar-refractivity contribution in [2.24, 2.45) is 0 Å². The van der Waals surface area contributed by atoms with Gasteiger partial charge in [-0.05, 0) is 54.6 Å². The van der Waals surface area contributed by atoms with Crippen molar-refractivity contribution in [2.45, 2.75) is 0 Å². The number of rotatable bonds is 4. The molecular formula is C21H14ClN3O2. The zero-order chi connectivity index (χ0) is 19.2. The molecule has 27 heavy (non-hydrogen) atoms. The van der Waals surface area contributed by atoms with E-state index in [9.17, 15) is 9.59 Å². The third-order valence-corrected chi connectivity index (χ3v) is 4.02. The summed E-state index contributed by atoms with van der Waals surface area (Å²) in [4.78, 5) is 24.6. The van der Waals surface area contributed by atoms with Gasteiger partial charge in [-0.1, -0.05) is 29.8 Å². The Morgan fingerprint density at radius 1 is 0.815 bits per heavy atom. The second kappa shape index (κ2) is 8.17. The van der Waals surface area contributed by atoms with Crippen LogP contribution in [0.1, 0.15) is 26.3 Å². The Labute approximate surface area is 161 Å². The monoisotopic (exact) mass is 375 g/mol. The van der Waals surface area contributed by atoms with Crippen molar-refractivity contribution in [3.8, 4) is 6.07 Å². The molecule has 0 saturated heterocycles. The molecule has 0 aromatic heterocycles. The van der Waals surface area contributed by atoms with Crippen molar-refractivity contribution < 1.29 is 9.59 Å². The van der Waals surface area contributed by atoms with Crippen LogP contribution in [-0.4, -0.2) is 11.8 Å². The van der Waals surface area contributed by atoms with E-state index >= 15 is 0 Å². The van der Waals surface area contributed by atoms with E-state index in [4.69, 9.17) is 16.9 Å². The number of benzene rings is 3. The lowest BCUT2D eigenvalue weighted by Crippen LogP contribution is -2.14. The number of hydrogen-bond acceptors (Lipinski definition) is 3. The van der Waals surface area contributed by atoms with E-state index in [1.54, 1.807) is 72.8 Å². The molecule has 0 saturated carbocycles. The fourth-order valence-corrected chi connectivity index (χ4v) is 2.62. The van der Waals surface area contributed by atoms with E-state index in [1.807, 2.05) is 6.07 Å². The van der Waals surface area contributed by atoms with Crippen LogP contribution >= 0.6 is 11.6 Å². The van der Waals surface area contributed by atoms with Gasteiger partial charge >= 0.3 is 0 Å². The summed E-state index contributed by atoms with van der Waals surface area (Å²) in [5.74, 6) is -0.668. The molecule has 0 unspecified atom stereocenters. The Hall–Kier alpha value is -3.62. The average Bonchev–Trinajstić information content (AvgIpc) is 2.68. The summed E-state index contributed by atoms with van der Waals surface area (Å²) in [5, 5.41) is 15.0. The fraction of sp³-hybridized carbons (Fsp3) is 0. The SMILES string of the molecule is N#Cc1ccccc1NC(=O)c1ccc(C(=O)Nc2cccc(Cl)c2)cc1. The first-order chi connectivity index (χ1) is 13.1. The third kappa shape index (κ3) is 4.51. The first-order valence-corrected chi connectivity index (χ1v) is 8.42. The molecule has 0 spiro atoms. The van der Waals surface area contributed by atoms with E-state index in [0.717, 1.165) is 0 Å². The number of nitrogens with zero attached hydrogens (tertiary/aromatic N) is 1. The molecule has 2 amide bonds. The molecule has 0 aliphatic carbocycles. The maximum atomic E-state index is 12.4. The second-order valence-electron chi connectivity index (χ2n) is 5.65. The molecule has 3 rings (SSSR count). The van der Waals surface area contributed by atoms with Crippen LogP contribution in [0.4, 0.5) is 11.4 Å². The topological polar surface area (TPSA) is 82.0 Å². The first-order valence-electron chi connectivity index (χ1n) is 8.04. The molecule has 132 valence electrons. The predicted octanol–water partition coefficient (Wildman–Crippen LogP) is 4.72.